The van der Waals surface area contributed by atoms with Crippen LogP contribution in [0.1, 0.15) is 16.7 Å². The second kappa shape index (κ2) is 5.00. The van der Waals surface area contributed by atoms with Gasteiger partial charge in [-0.3, -0.25) is 0 Å². The minimum Gasteiger partial charge on any atom is -0.399 e. The monoisotopic (exact) mass is 241 g/mol. The van der Waals surface area contributed by atoms with Crippen molar-refractivity contribution < 1.29 is 0 Å². The number of nitrogens with two attached hydrogens (primary N) is 2. The molecular weight excluding hydrogens is 222 g/mol. The molecule has 3 nitrogen and oxygen atoms in total. The lowest BCUT2D eigenvalue weighted by Crippen LogP contribution is -2.04. The Bertz CT molecular complexity index is 521. The molecule has 3 heteroatoms. The highest BCUT2D eigenvalue weighted by Gasteiger charge is 2.04. The number of nitrogen functional groups attached to an aromatic ring is 2. The Labute approximate surface area is 108 Å². The fraction of sp³-hybridized carbons (Fsp3) is 0.200. The largest absolute Gasteiger partial charge is 0.399 e. The average molecular weight is 241 g/mol. The lowest BCUT2D eigenvalue weighted by atomic mass is 10.1. The molecule has 0 aliphatic carbocycles. The zero-order valence-corrected chi connectivity index (χ0v) is 10.8. The lowest BCUT2D eigenvalue weighted by molar-refractivity contribution is 1.14. The molecule has 0 aliphatic heterocycles. The Morgan fingerprint density at radius 2 is 1.67 bits per heavy atom. The van der Waals surface area contributed by atoms with Gasteiger partial charge in [0.15, 0.2) is 0 Å². The molecule has 0 saturated heterocycles. The SMILES string of the molecule is Cc1cc(C)c(NCc2ccc(N)cc2)c(N)c1. The van der Waals surface area contributed by atoms with E-state index < -0.39 is 0 Å². The Hall–Kier alpha value is -2.16. The maximum atomic E-state index is 6.03. The van der Waals surface area contributed by atoms with Gasteiger partial charge in [0.1, 0.15) is 0 Å². The van der Waals surface area contributed by atoms with Gasteiger partial charge in [-0.25, -0.2) is 0 Å². The molecule has 0 heterocycles. The van der Waals surface area contributed by atoms with Gasteiger partial charge in [0, 0.05) is 12.2 Å². The van der Waals surface area contributed by atoms with E-state index in [1.807, 2.05) is 37.3 Å². The summed E-state index contributed by atoms with van der Waals surface area (Å²) in [5, 5.41) is 3.38. The zero-order chi connectivity index (χ0) is 13.1. The van der Waals surface area contributed by atoms with Crippen LogP contribution in [0.2, 0.25) is 0 Å². The Balaban J connectivity index is 2.13. The first-order valence-corrected chi connectivity index (χ1v) is 6.01. The smallest absolute Gasteiger partial charge is 0.0606 e. The number of nitrogens with one attached hydrogen (secondary N) is 1. The predicted octanol–water partition coefficient (Wildman–Crippen LogP) is 3.08. The standard InChI is InChI=1S/C15H19N3/c1-10-7-11(2)15(14(17)8-10)18-9-12-3-5-13(16)6-4-12/h3-8,18H,9,16-17H2,1-2H3. The summed E-state index contributed by atoms with van der Waals surface area (Å²) in [5.74, 6) is 0. The molecule has 0 radical (unpaired) electrons. The highest BCUT2D eigenvalue weighted by molar-refractivity contribution is 5.71. The molecule has 2 aromatic carbocycles. The molecule has 18 heavy (non-hydrogen) atoms. The molecule has 0 fully saturated rings. The van der Waals surface area contributed by atoms with Crippen molar-refractivity contribution in [1.82, 2.24) is 0 Å². The van der Waals surface area contributed by atoms with Crippen LogP contribution >= 0.6 is 0 Å². The third kappa shape index (κ3) is 2.74. The molecule has 0 saturated carbocycles. The van der Waals surface area contributed by atoms with Crippen LogP contribution in [0.25, 0.3) is 0 Å². The van der Waals surface area contributed by atoms with Crippen LogP contribution in [0, 0.1) is 13.8 Å². The maximum absolute atomic E-state index is 6.03. The molecule has 0 unspecified atom stereocenters. The predicted molar refractivity (Wildman–Crippen MR) is 78.5 cm³/mol. The van der Waals surface area contributed by atoms with Crippen molar-refractivity contribution in [3.05, 3.63) is 53.1 Å². The summed E-state index contributed by atoms with van der Waals surface area (Å²) in [6.07, 6.45) is 0. The number of benzene rings is 2. The van der Waals surface area contributed by atoms with Crippen LogP contribution in [-0.4, -0.2) is 0 Å². The molecule has 0 bridgehead atoms. The number of rotatable bonds is 3. The van der Waals surface area contributed by atoms with Crippen molar-refractivity contribution in [3.8, 4) is 0 Å². The van der Waals surface area contributed by atoms with E-state index >= 15 is 0 Å². The highest BCUT2D eigenvalue weighted by atomic mass is 14.9. The Morgan fingerprint density at radius 1 is 1.00 bits per heavy atom. The highest BCUT2D eigenvalue weighted by Crippen LogP contribution is 2.25. The topological polar surface area (TPSA) is 64.1 Å². The van der Waals surface area contributed by atoms with Gasteiger partial charge in [-0.15, -0.1) is 0 Å². The number of anilines is 3. The number of aryl methyl sites for hydroxylation is 2. The van der Waals surface area contributed by atoms with E-state index in [1.54, 1.807) is 0 Å². The summed E-state index contributed by atoms with van der Waals surface area (Å²) >= 11 is 0. The third-order valence-corrected chi connectivity index (χ3v) is 2.96. The molecule has 0 spiro atoms. The molecule has 2 aromatic rings. The molecule has 2 rings (SSSR count). The quantitative estimate of drug-likeness (QED) is 0.723. The second-order valence-corrected chi connectivity index (χ2v) is 4.64. The number of hydrogen-bond donors (Lipinski definition) is 3. The molecule has 0 atom stereocenters. The Kier molecular flexibility index (Phi) is 3.42. The van der Waals surface area contributed by atoms with Crippen molar-refractivity contribution in [2.24, 2.45) is 0 Å². The van der Waals surface area contributed by atoms with Gasteiger partial charge in [0.2, 0.25) is 0 Å². The first-order valence-electron chi connectivity index (χ1n) is 6.01. The van der Waals surface area contributed by atoms with Gasteiger partial charge < -0.3 is 16.8 Å². The van der Waals surface area contributed by atoms with Crippen molar-refractivity contribution in [3.63, 3.8) is 0 Å². The maximum Gasteiger partial charge on any atom is 0.0606 e. The van der Waals surface area contributed by atoms with Crippen LogP contribution in [0.15, 0.2) is 36.4 Å². The summed E-state index contributed by atoms with van der Waals surface area (Å²) in [7, 11) is 0. The van der Waals surface area contributed by atoms with Crippen LogP contribution in [0.4, 0.5) is 17.1 Å². The fourth-order valence-electron chi connectivity index (χ4n) is 2.07. The van der Waals surface area contributed by atoms with E-state index in [4.69, 9.17) is 11.5 Å². The molecule has 0 aromatic heterocycles. The van der Waals surface area contributed by atoms with Gasteiger partial charge in [0.05, 0.1) is 11.4 Å². The molecule has 5 N–H and O–H groups in total. The van der Waals surface area contributed by atoms with Gasteiger partial charge >= 0.3 is 0 Å². The lowest BCUT2D eigenvalue weighted by Gasteiger charge is -2.13. The summed E-state index contributed by atoms with van der Waals surface area (Å²) in [5.41, 5.74) is 17.8. The van der Waals surface area contributed by atoms with E-state index in [9.17, 15) is 0 Å². The fourth-order valence-corrected chi connectivity index (χ4v) is 2.07. The molecule has 0 amide bonds. The molecule has 94 valence electrons. The average Bonchev–Trinajstić information content (AvgIpc) is 2.30. The van der Waals surface area contributed by atoms with Gasteiger partial charge in [-0.1, -0.05) is 18.2 Å². The van der Waals surface area contributed by atoms with Gasteiger partial charge in [-0.05, 0) is 48.7 Å². The van der Waals surface area contributed by atoms with Crippen LogP contribution in [0.5, 0.6) is 0 Å². The minimum absolute atomic E-state index is 0.744. The van der Waals surface area contributed by atoms with E-state index in [0.29, 0.717) is 0 Å². The Morgan fingerprint density at radius 3 is 2.28 bits per heavy atom. The molecule has 0 aliphatic rings. The summed E-state index contributed by atoms with van der Waals surface area (Å²) < 4.78 is 0. The van der Waals surface area contributed by atoms with Crippen molar-refractivity contribution in [2.45, 2.75) is 20.4 Å². The number of hydrogen-bond acceptors (Lipinski definition) is 3. The van der Waals surface area contributed by atoms with Crippen LogP contribution in [0.3, 0.4) is 0 Å². The van der Waals surface area contributed by atoms with Crippen molar-refractivity contribution >= 4 is 17.1 Å². The van der Waals surface area contributed by atoms with E-state index in [1.165, 1.54) is 16.7 Å². The second-order valence-electron chi connectivity index (χ2n) is 4.64. The minimum atomic E-state index is 0.744. The van der Waals surface area contributed by atoms with E-state index in [0.717, 1.165) is 23.6 Å². The van der Waals surface area contributed by atoms with Crippen molar-refractivity contribution in [1.29, 1.82) is 0 Å². The van der Waals surface area contributed by atoms with E-state index in [-0.39, 0.29) is 0 Å². The summed E-state index contributed by atoms with van der Waals surface area (Å²) in [6.45, 7) is 4.86. The van der Waals surface area contributed by atoms with Crippen LogP contribution in [-0.2, 0) is 6.54 Å². The molecular formula is C15H19N3. The summed E-state index contributed by atoms with van der Waals surface area (Å²) in [6, 6.07) is 12.0. The van der Waals surface area contributed by atoms with Crippen LogP contribution < -0.4 is 16.8 Å². The van der Waals surface area contributed by atoms with Gasteiger partial charge in [0.25, 0.3) is 0 Å². The van der Waals surface area contributed by atoms with E-state index in [2.05, 4.69) is 18.3 Å². The normalized spacial score (nSPS) is 10.3. The third-order valence-electron chi connectivity index (χ3n) is 2.96. The first-order chi connectivity index (χ1) is 8.56. The van der Waals surface area contributed by atoms with Gasteiger partial charge in [-0.2, -0.15) is 0 Å². The zero-order valence-electron chi connectivity index (χ0n) is 10.8. The summed E-state index contributed by atoms with van der Waals surface area (Å²) in [4.78, 5) is 0. The first kappa shape index (κ1) is 12.3. The van der Waals surface area contributed by atoms with Crippen molar-refractivity contribution in [2.75, 3.05) is 16.8 Å².